The van der Waals surface area contributed by atoms with E-state index in [2.05, 4.69) is 11.6 Å². The van der Waals surface area contributed by atoms with Gasteiger partial charge in [-0.3, -0.25) is 0 Å². The molecule has 2 rings (SSSR count). The molecule has 0 amide bonds. The van der Waals surface area contributed by atoms with Crippen molar-refractivity contribution in [2.75, 3.05) is 0 Å². The van der Waals surface area contributed by atoms with E-state index < -0.39 is 15.8 Å². The van der Waals surface area contributed by atoms with Gasteiger partial charge in [0, 0.05) is 18.2 Å². The Labute approximate surface area is 106 Å². The van der Waals surface area contributed by atoms with Gasteiger partial charge >= 0.3 is 0 Å². The molecule has 100 valence electrons. The van der Waals surface area contributed by atoms with Crippen LogP contribution in [0.2, 0.25) is 0 Å². The number of rotatable bonds is 4. The maximum atomic E-state index is 13.3. The molecule has 0 aliphatic heterocycles. The summed E-state index contributed by atoms with van der Waals surface area (Å²) >= 11 is 0. The SMILES string of the molecule is CC1CC(NS(=O)(=O)c2ccc(F)c(CN)c2)C1. The van der Waals surface area contributed by atoms with E-state index in [1.54, 1.807) is 0 Å². The molecule has 0 spiro atoms. The van der Waals surface area contributed by atoms with Crippen molar-refractivity contribution < 1.29 is 12.8 Å². The van der Waals surface area contributed by atoms with Crippen molar-refractivity contribution in [1.82, 2.24) is 4.72 Å². The van der Waals surface area contributed by atoms with Crippen molar-refractivity contribution in [1.29, 1.82) is 0 Å². The molecule has 1 aromatic rings. The maximum absolute atomic E-state index is 13.3. The fraction of sp³-hybridized carbons (Fsp3) is 0.500. The van der Waals surface area contributed by atoms with Gasteiger partial charge in [-0.05, 0) is 37.0 Å². The molecule has 4 nitrogen and oxygen atoms in total. The standard InChI is InChI=1S/C12H17FN2O2S/c1-8-4-10(5-8)15-18(16,17)11-2-3-12(13)9(6-11)7-14/h2-3,6,8,10,15H,4-5,7,14H2,1H3. The predicted molar refractivity (Wildman–Crippen MR) is 66.8 cm³/mol. The van der Waals surface area contributed by atoms with Crippen molar-refractivity contribution in [3.05, 3.63) is 29.6 Å². The minimum atomic E-state index is -3.57. The van der Waals surface area contributed by atoms with Gasteiger partial charge in [-0.15, -0.1) is 0 Å². The third-order valence-electron chi connectivity index (χ3n) is 3.24. The zero-order chi connectivity index (χ0) is 13.3. The molecular weight excluding hydrogens is 255 g/mol. The molecule has 1 saturated carbocycles. The Kier molecular flexibility index (Phi) is 3.70. The first-order valence-corrected chi connectivity index (χ1v) is 7.41. The quantitative estimate of drug-likeness (QED) is 0.869. The average Bonchev–Trinajstić information content (AvgIpc) is 2.27. The molecule has 0 aromatic heterocycles. The fourth-order valence-electron chi connectivity index (χ4n) is 2.16. The summed E-state index contributed by atoms with van der Waals surface area (Å²) in [4.78, 5) is 0.0731. The lowest BCUT2D eigenvalue weighted by molar-refractivity contribution is 0.270. The van der Waals surface area contributed by atoms with Crippen molar-refractivity contribution in [2.45, 2.75) is 37.2 Å². The molecule has 1 aliphatic rings. The highest BCUT2D eigenvalue weighted by molar-refractivity contribution is 7.89. The van der Waals surface area contributed by atoms with Crippen molar-refractivity contribution in [3.8, 4) is 0 Å². The summed E-state index contributed by atoms with van der Waals surface area (Å²) < 4.78 is 40.0. The number of hydrogen-bond acceptors (Lipinski definition) is 3. The topological polar surface area (TPSA) is 72.2 Å². The molecule has 0 bridgehead atoms. The second-order valence-electron chi connectivity index (χ2n) is 4.85. The van der Waals surface area contributed by atoms with Crippen molar-refractivity contribution in [2.24, 2.45) is 11.7 Å². The van der Waals surface area contributed by atoms with Crippen LogP contribution in [0.25, 0.3) is 0 Å². The average molecular weight is 272 g/mol. The van der Waals surface area contributed by atoms with E-state index in [1.165, 1.54) is 12.1 Å². The van der Waals surface area contributed by atoms with Crippen LogP contribution in [-0.2, 0) is 16.6 Å². The summed E-state index contributed by atoms with van der Waals surface area (Å²) in [7, 11) is -3.57. The van der Waals surface area contributed by atoms with Crippen LogP contribution in [0.1, 0.15) is 25.3 Å². The number of benzene rings is 1. The highest BCUT2D eigenvalue weighted by Gasteiger charge is 2.29. The number of hydrogen-bond donors (Lipinski definition) is 2. The van der Waals surface area contributed by atoms with Gasteiger partial charge in [0.2, 0.25) is 10.0 Å². The van der Waals surface area contributed by atoms with Crippen molar-refractivity contribution >= 4 is 10.0 Å². The molecule has 0 heterocycles. The van der Waals surface area contributed by atoms with Crippen LogP contribution >= 0.6 is 0 Å². The van der Waals surface area contributed by atoms with Crippen LogP contribution in [0.15, 0.2) is 23.1 Å². The van der Waals surface area contributed by atoms with Gasteiger partial charge in [0.05, 0.1) is 4.90 Å². The first-order chi connectivity index (χ1) is 8.42. The Bertz CT molecular complexity index is 539. The van der Waals surface area contributed by atoms with Gasteiger partial charge in [-0.1, -0.05) is 6.92 Å². The van der Waals surface area contributed by atoms with Crippen LogP contribution < -0.4 is 10.5 Å². The Hall–Kier alpha value is -0.980. The first kappa shape index (κ1) is 13.5. The number of sulfonamides is 1. The summed E-state index contributed by atoms with van der Waals surface area (Å²) in [5.74, 6) is 0.0826. The lowest BCUT2D eigenvalue weighted by Crippen LogP contribution is -2.43. The molecule has 1 fully saturated rings. The Morgan fingerprint density at radius 3 is 2.67 bits per heavy atom. The normalized spacial score (nSPS) is 23.7. The summed E-state index contributed by atoms with van der Waals surface area (Å²) in [6, 6.07) is 3.69. The van der Waals surface area contributed by atoms with E-state index in [9.17, 15) is 12.8 Å². The van der Waals surface area contributed by atoms with Crippen LogP contribution in [0.3, 0.4) is 0 Å². The van der Waals surface area contributed by atoms with Crippen LogP contribution in [-0.4, -0.2) is 14.5 Å². The van der Waals surface area contributed by atoms with Gasteiger partial charge in [0.1, 0.15) is 5.82 Å². The highest BCUT2D eigenvalue weighted by Crippen LogP contribution is 2.28. The number of halogens is 1. The van der Waals surface area contributed by atoms with E-state index >= 15 is 0 Å². The Balaban J connectivity index is 2.19. The summed E-state index contributed by atoms with van der Waals surface area (Å²) in [6.07, 6.45) is 1.70. The molecule has 1 aliphatic carbocycles. The third-order valence-corrected chi connectivity index (χ3v) is 4.76. The van der Waals surface area contributed by atoms with Gasteiger partial charge in [0.15, 0.2) is 0 Å². The van der Waals surface area contributed by atoms with Crippen LogP contribution in [0, 0.1) is 11.7 Å². The minimum Gasteiger partial charge on any atom is -0.326 e. The molecular formula is C12H17FN2O2S. The highest BCUT2D eigenvalue weighted by atomic mass is 32.2. The summed E-state index contributed by atoms with van der Waals surface area (Å²) in [5, 5.41) is 0. The van der Waals surface area contributed by atoms with Crippen LogP contribution in [0.5, 0.6) is 0 Å². The first-order valence-electron chi connectivity index (χ1n) is 5.93. The largest absolute Gasteiger partial charge is 0.326 e. The lowest BCUT2D eigenvalue weighted by Gasteiger charge is -2.32. The zero-order valence-corrected chi connectivity index (χ0v) is 11.0. The van der Waals surface area contributed by atoms with Gasteiger partial charge < -0.3 is 5.73 Å². The number of nitrogens with two attached hydrogens (primary N) is 1. The second kappa shape index (κ2) is 4.95. The Morgan fingerprint density at radius 1 is 1.44 bits per heavy atom. The maximum Gasteiger partial charge on any atom is 0.240 e. The monoisotopic (exact) mass is 272 g/mol. The van der Waals surface area contributed by atoms with Crippen LogP contribution in [0.4, 0.5) is 4.39 Å². The summed E-state index contributed by atoms with van der Waals surface area (Å²) in [6.45, 7) is 2.06. The van der Waals surface area contributed by atoms with E-state index in [-0.39, 0.29) is 23.0 Å². The van der Waals surface area contributed by atoms with Gasteiger partial charge in [-0.2, -0.15) is 0 Å². The van der Waals surface area contributed by atoms with E-state index in [0.717, 1.165) is 18.9 Å². The lowest BCUT2D eigenvalue weighted by atomic mass is 9.83. The van der Waals surface area contributed by atoms with E-state index in [4.69, 9.17) is 5.73 Å². The third kappa shape index (κ3) is 2.71. The smallest absolute Gasteiger partial charge is 0.240 e. The predicted octanol–water partition coefficient (Wildman–Crippen LogP) is 1.36. The van der Waals surface area contributed by atoms with Gasteiger partial charge in [0.25, 0.3) is 0 Å². The molecule has 0 saturated heterocycles. The molecule has 3 N–H and O–H groups in total. The van der Waals surface area contributed by atoms with Crippen molar-refractivity contribution in [3.63, 3.8) is 0 Å². The molecule has 1 aromatic carbocycles. The summed E-state index contributed by atoms with van der Waals surface area (Å²) in [5.41, 5.74) is 5.57. The molecule has 0 unspecified atom stereocenters. The van der Waals surface area contributed by atoms with E-state index in [0.29, 0.717) is 5.92 Å². The van der Waals surface area contributed by atoms with E-state index in [1.807, 2.05) is 0 Å². The van der Waals surface area contributed by atoms with Gasteiger partial charge in [-0.25, -0.2) is 17.5 Å². The minimum absolute atomic E-state index is 0.00335. The zero-order valence-electron chi connectivity index (χ0n) is 10.2. The molecule has 0 atom stereocenters. The second-order valence-corrected chi connectivity index (χ2v) is 6.57. The molecule has 0 radical (unpaired) electrons. The molecule has 18 heavy (non-hydrogen) atoms. The Morgan fingerprint density at radius 2 is 2.11 bits per heavy atom. The fourth-order valence-corrected chi connectivity index (χ4v) is 3.47. The molecule has 6 heteroatoms. The number of nitrogens with one attached hydrogen (secondary N) is 1.